The molecule has 0 bridgehead atoms. The first-order valence-electron chi connectivity index (χ1n) is 45.7. The van der Waals surface area contributed by atoms with Gasteiger partial charge in [0.25, 0.3) is 23.6 Å². The van der Waals surface area contributed by atoms with Gasteiger partial charge >= 0.3 is 0 Å². The number of amides is 4. The molecule has 32 nitrogen and oxygen atoms in total. The Morgan fingerprint density at radius 2 is 0.750 bits per heavy atom. The number of anilines is 4. The molecule has 0 saturated carbocycles. The Balaban J connectivity index is 0.000000117. The maximum absolute atomic E-state index is 13.4. The van der Waals surface area contributed by atoms with Crippen LogP contribution in [-0.4, -0.2) is 219 Å². The summed E-state index contributed by atoms with van der Waals surface area (Å²) in [6, 6.07) is 11.8. The molecule has 32 heteroatoms. The molecule has 8 fully saturated rings. The molecule has 0 radical (unpaired) electrons. The lowest BCUT2D eigenvalue weighted by Gasteiger charge is -2.34. The number of piperidine rings is 4. The molecule has 0 aliphatic carbocycles. The van der Waals surface area contributed by atoms with E-state index in [1.807, 2.05) is 97.8 Å². The molecule has 0 spiro atoms. The van der Waals surface area contributed by atoms with Crippen molar-refractivity contribution in [2.24, 2.45) is 37.8 Å². The van der Waals surface area contributed by atoms with E-state index in [9.17, 15) is 19.2 Å². The van der Waals surface area contributed by atoms with Gasteiger partial charge in [0.05, 0.1) is 70.5 Å². The Hall–Kier alpha value is -11.6. The maximum atomic E-state index is 13.4. The summed E-state index contributed by atoms with van der Waals surface area (Å²) >= 11 is 0. The van der Waals surface area contributed by atoms with Crippen LogP contribution in [0.1, 0.15) is 267 Å². The lowest BCUT2D eigenvalue weighted by Crippen LogP contribution is -2.39. The van der Waals surface area contributed by atoms with Crippen molar-refractivity contribution in [2.45, 2.75) is 223 Å². The lowest BCUT2D eigenvalue weighted by atomic mass is 9.98. The molecule has 12 aromatic rings. The second-order valence-electron chi connectivity index (χ2n) is 36.6. The molecular formula is C92H124N28O4. The van der Waals surface area contributed by atoms with Gasteiger partial charge in [-0.3, -0.25) is 37.9 Å². The van der Waals surface area contributed by atoms with Crippen LogP contribution in [0.4, 0.5) is 23.3 Å². The van der Waals surface area contributed by atoms with E-state index in [1.165, 1.54) is 25.7 Å². The highest BCUT2D eigenvalue weighted by molar-refractivity contribution is 5.96. The van der Waals surface area contributed by atoms with Gasteiger partial charge in [-0.15, -0.1) is 0 Å². The zero-order valence-corrected chi connectivity index (χ0v) is 75.1. The molecule has 8 atom stereocenters. The molecule has 0 aromatic carbocycles. The van der Waals surface area contributed by atoms with Crippen LogP contribution in [-0.2, 0) is 27.2 Å². The van der Waals surface area contributed by atoms with Crippen molar-refractivity contribution in [1.29, 1.82) is 0 Å². The summed E-state index contributed by atoms with van der Waals surface area (Å²) in [4.78, 5) is 90.5. The number of carbonyl (C=O) groups excluding carboxylic acids is 4. The quantitative estimate of drug-likeness (QED) is 0.0977. The summed E-state index contributed by atoms with van der Waals surface area (Å²) in [7, 11) is 3.74. The van der Waals surface area contributed by atoms with Crippen LogP contribution in [0, 0.1) is 65.2 Å². The lowest BCUT2D eigenvalue weighted by molar-refractivity contribution is 0.0588. The summed E-state index contributed by atoms with van der Waals surface area (Å²) in [6.45, 7) is 38.4. The van der Waals surface area contributed by atoms with E-state index in [-0.39, 0.29) is 47.8 Å². The summed E-state index contributed by atoms with van der Waals surface area (Å²) in [6.07, 6.45) is 32.2. The molecule has 124 heavy (non-hydrogen) atoms. The van der Waals surface area contributed by atoms with Crippen LogP contribution in [0.3, 0.4) is 0 Å². The Bertz CT molecular complexity index is 5850. The second kappa shape index (κ2) is 35.9. The average Bonchev–Trinajstić information content (AvgIpc) is 1.63. The van der Waals surface area contributed by atoms with Gasteiger partial charge in [-0.25, -0.2) is 38.0 Å². The molecule has 0 N–H and O–H groups in total. The number of fused-ring (bicyclic) bond motifs is 4. The van der Waals surface area contributed by atoms with Crippen LogP contribution in [0.25, 0.3) is 22.6 Å². The maximum Gasteiger partial charge on any atom is 0.274 e. The summed E-state index contributed by atoms with van der Waals surface area (Å²) in [5.74, 6) is 7.17. The van der Waals surface area contributed by atoms with Crippen molar-refractivity contribution in [2.75, 3.05) is 98.1 Å². The minimum absolute atomic E-state index is 0.0126. The van der Waals surface area contributed by atoms with Crippen LogP contribution in [0.5, 0.6) is 0 Å². The van der Waals surface area contributed by atoms with Gasteiger partial charge in [-0.05, 0) is 194 Å². The monoisotopic (exact) mass is 1690 g/mol. The fourth-order valence-electron chi connectivity index (χ4n) is 19.8. The van der Waals surface area contributed by atoms with E-state index >= 15 is 0 Å². The second-order valence-corrected chi connectivity index (χ2v) is 36.6. The minimum Gasteiger partial charge on any atom is -0.356 e. The third-order valence-corrected chi connectivity index (χ3v) is 27.0. The molecule has 12 aromatic heterocycles. The highest BCUT2D eigenvalue weighted by Gasteiger charge is 2.39. The van der Waals surface area contributed by atoms with Crippen molar-refractivity contribution < 1.29 is 19.2 Å². The normalized spacial score (nSPS) is 21.9. The molecule has 8 aliphatic rings. The van der Waals surface area contributed by atoms with E-state index in [0.717, 1.165) is 264 Å². The van der Waals surface area contributed by atoms with Crippen molar-refractivity contribution in [3.8, 4) is 0 Å². The topological polar surface area (TPSA) is 286 Å². The molecule has 656 valence electrons. The molecule has 8 aliphatic heterocycles. The third-order valence-electron chi connectivity index (χ3n) is 27.0. The Labute approximate surface area is 725 Å². The van der Waals surface area contributed by atoms with E-state index in [1.54, 1.807) is 37.3 Å². The number of hydrogen-bond acceptors (Lipinski definition) is 20. The molecular weight excluding hydrogens is 1560 g/mol. The van der Waals surface area contributed by atoms with Crippen LogP contribution < -0.4 is 19.6 Å². The number of aryl methyl sites for hydroxylation is 9. The number of likely N-dealkylation sites (tertiary alicyclic amines) is 4. The Kier molecular flexibility index (Phi) is 24.5. The fourth-order valence-corrected chi connectivity index (χ4v) is 19.8. The van der Waals surface area contributed by atoms with Gasteiger partial charge in [-0.1, -0.05) is 27.7 Å². The van der Waals surface area contributed by atoms with Gasteiger partial charge < -0.3 is 39.2 Å². The first-order chi connectivity index (χ1) is 59.9. The number of nitrogens with zero attached hydrogens (tertiary/aromatic N) is 28. The molecule has 8 saturated heterocycles. The number of carbonyl (C=O) groups is 4. The number of aromatic nitrogens is 20. The van der Waals surface area contributed by atoms with Crippen LogP contribution >= 0.6 is 0 Å². The van der Waals surface area contributed by atoms with E-state index in [0.29, 0.717) is 52.7 Å². The Morgan fingerprint density at radius 3 is 1.07 bits per heavy atom. The highest BCUT2D eigenvalue weighted by atomic mass is 16.2. The standard InChI is InChI=1S/4C23H31N7O/c1-15-8-10-28(13-15)22-16(2)14-30-21(25-22)11-19(26-30)20-7-5-6-9-29(20)23(31)18-12-24-27(4)17(18)3;1-15-8-10-28(13-15)22-16(2)14-30-21(24-22)12-18(26-30)20-7-5-6-9-29(20)23(31)19-11-17(3)27(4)25-19;1-4-29-20(8-10-24-29)23(31)28-11-6-5-7-19(28)18-13-21-25-22(17(3)15-30(21)26-18)27-12-9-16(2)14-27;1-4-28-15-18(12-24-28)23(31)29-9-6-5-7-20(29)19-11-21-25-22(17(3)14-30(21)26-19)27-10-8-16(2)13-27/h2*11-12,14-15,20H,5-10,13H2,1-4H3;8,10,13,15-16,19H,4-7,9,11-12,14H2,1-3H3;11-12,14-16,20H,4-10,13H2,1-3H3/t2*15-,20-;16-,19-;16-,20-/m0000/s1. The van der Waals surface area contributed by atoms with E-state index in [2.05, 4.69) is 144 Å². The zero-order valence-electron chi connectivity index (χ0n) is 75.1. The van der Waals surface area contributed by atoms with Crippen molar-refractivity contribution >= 4 is 69.5 Å². The molecule has 0 unspecified atom stereocenters. The van der Waals surface area contributed by atoms with Crippen molar-refractivity contribution in [3.05, 3.63) is 165 Å². The SMILES string of the molecule is CCn1cc(C(=O)N2CCCC[C@H]2c2cc3nc(N4CC[C@H](C)C4)c(C)cn3n2)cn1.CCn1nccc1C(=O)N1CCCC[C@H]1c1cc2nc(N3CC[C@H](C)C3)c(C)cn2n1.Cc1cn2nc([C@@H]3CCCCN3C(=O)c3cc(C)n(C)n3)cc2nc1N1CC[C@H](C)C1.Cc1cn2nc([C@@H]3CCCCN3C(=O)c3cnn(C)c3C)cc2nc1N1CC[C@H](C)C1. The highest BCUT2D eigenvalue weighted by Crippen LogP contribution is 2.40. The summed E-state index contributed by atoms with van der Waals surface area (Å²) in [5.41, 5.74) is 16.0. The van der Waals surface area contributed by atoms with Crippen LogP contribution in [0.2, 0.25) is 0 Å². The average molecular weight is 1690 g/mol. The van der Waals surface area contributed by atoms with E-state index < -0.39 is 0 Å². The third kappa shape index (κ3) is 17.3. The van der Waals surface area contributed by atoms with Crippen LogP contribution in [0.15, 0.2) is 86.0 Å². The smallest absolute Gasteiger partial charge is 0.274 e. The first-order valence-corrected chi connectivity index (χ1v) is 45.7. The largest absolute Gasteiger partial charge is 0.356 e. The van der Waals surface area contributed by atoms with Gasteiger partial charge in [0.15, 0.2) is 28.3 Å². The molecule has 4 amide bonds. The number of rotatable bonds is 14. The summed E-state index contributed by atoms with van der Waals surface area (Å²) in [5, 5.41) is 36.6. The van der Waals surface area contributed by atoms with Crippen molar-refractivity contribution in [3.63, 3.8) is 0 Å². The molecule has 20 rings (SSSR count). The zero-order chi connectivity index (χ0) is 86.5. The molecule has 20 heterocycles. The van der Waals surface area contributed by atoms with Crippen molar-refractivity contribution in [1.82, 2.24) is 117 Å². The predicted octanol–water partition coefficient (Wildman–Crippen LogP) is 13.5. The van der Waals surface area contributed by atoms with Gasteiger partial charge in [0.1, 0.15) is 29.0 Å². The number of hydrogen-bond donors (Lipinski definition) is 0. The predicted molar refractivity (Wildman–Crippen MR) is 477 cm³/mol. The summed E-state index contributed by atoms with van der Waals surface area (Å²) < 4.78 is 14.6. The van der Waals surface area contributed by atoms with Gasteiger partial charge in [-0.2, -0.15) is 40.8 Å². The Morgan fingerprint density at radius 1 is 0.379 bits per heavy atom. The fraction of sp³-hybridized carbons (Fsp3) is 0.565. The first kappa shape index (κ1) is 84.6. The minimum atomic E-state index is -0.0409. The van der Waals surface area contributed by atoms with Gasteiger partial charge in [0, 0.05) is 201 Å². The van der Waals surface area contributed by atoms with E-state index in [4.69, 9.17) is 40.3 Å². The van der Waals surface area contributed by atoms with Gasteiger partial charge in [0.2, 0.25) is 0 Å².